The van der Waals surface area contributed by atoms with Gasteiger partial charge < -0.3 is 20.5 Å². The minimum atomic E-state index is 0.322. The lowest BCUT2D eigenvalue weighted by atomic mass is 9.83. The number of nitrogens with zero attached hydrogens (tertiary/aromatic N) is 1. The van der Waals surface area contributed by atoms with E-state index in [0.29, 0.717) is 11.2 Å². The molecule has 3 N–H and O–H groups in total. The Labute approximate surface area is 158 Å². The zero-order valence-corrected chi connectivity index (χ0v) is 16.4. The van der Waals surface area contributed by atoms with Gasteiger partial charge in [0, 0.05) is 33.4 Å². The monoisotopic (exact) mass is 361 g/mol. The molecule has 146 valence electrons. The maximum absolute atomic E-state index is 9.34. The van der Waals surface area contributed by atoms with Crippen LogP contribution >= 0.6 is 0 Å². The molecule has 1 aromatic rings. The molecule has 0 atom stereocenters. The van der Waals surface area contributed by atoms with Crippen molar-refractivity contribution in [1.82, 2.24) is 10.6 Å². The van der Waals surface area contributed by atoms with Crippen LogP contribution in [0.15, 0.2) is 29.3 Å². The zero-order chi connectivity index (χ0) is 18.7. The standard InChI is InChI=1S/C21H35N3O2/c1-3-22-20(23-15-6-7-18-8-10-19(25)11-9-18)24-17-21(14-16-26-2)12-4-5-13-21/h8-11,25H,3-7,12-17H2,1-2H3,(H2,22,23,24). The average molecular weight is 362 g/mol. The predicted octanol–water partition coefficient (Wildman–Crippen LogP) is 3.48. The molecule has 5 heteroatoms. The van der Waals surface area contributed by atoms with Crippen LogP contribution in [0.3, 0.4) is 0 Å². The van der Waals surface area contributed by atoms with Gasteiger partial charge in [0.25, 0.3) is 0 Å². The molecule has 0 amide bonds. The van der Waals surface area contributed by atoms with Gasteiger partial charge in [0.15, 0.2) is 5.96 Å². The number of benzene rings is 1. The number of nitrogens with one attached hydrogen (secondary N) is 2. The van der Waals surface area contributed by atoms with E-state index in [1.54, 1.807) is 19.2 Å². The summed E-state index contributed by atoms with van der Waals surface area (Å²) in [5.74, 6) is 1.24. The summed E-state index contributed by atoms with van der Waals surface area (Å²) in [5.41, 5.74) is 1.57. The number of aromatic hydroxyl groups is 1. The number of ether oxygens (including phenoxy) is 1. The number of aryl methyl sites for hydroxylation is 1. The van der Waals surface area contributed by atoms with Crippen LogP contribution in [0.2, 0.25) is 0 Å². The molecule has 0 unspecified atom stereocenters. The van der Waals surface area contributed by atoms with Crippen molar-refractivity contribution in [2.24, 2.45) is 10.4 Å². The number of hydrogen-bond acceptors (Lipinski definition) is 3. The van der Waals surface area contributed by atoms with E-state index >= 15 is 0 Å². The molecule has 1 aliphatic carbocycles. The first-order valence-electron chi connectivity index (χ1n) is 9.96. The van der Waals surface area contributed by atoms with Crippen LogP contribution in [0, 0.1) is 5.41 Å². The fourth-order valence-corrected chi connectivity index (χ4v) is 3.68. The summed E-state index contributed by atoms with van der Waals surface area (Å²) in [5, 5.41) is 16.2. The Bertz CT molecular complexity index is 537. The average Bonchev–Trinajstić information content (AvgIpc) is 3.12. The number of rotatable bonds is 10. The molecular weight excluding hydrogens is 326 g/mol. The van der Waals surface area contributed by atoms with Gasteiger partial charge in [0.2, 0.25) is 0 Å². The summed E-state index contributed by atoms with van der Waals surface area (Å²) in [6.07, 6.45) is 8.29. The van der Waals surface area contributed by atoms with E-state index in [1.165, 1.54) is 31.2 Å². The van der Waals surface area contributed by atoms with Gasteiger partial charge in [-0.3, -0.25) is 4.99 Å². The molecule has 0 radical (unpaired) electrons. The van der Waals surface area contributed by atoms with E-state index in [4.69, 9.17) is 9.73 Å². The maximum Gasteiger partial charge on any atom is 0.191 e. The van der Waals surface area contributed by atoms with Gasteiger partial charge in [-0.2, -0.15) is 0 Å². The van der Waals surface area contributed by atoms with Crippen LogP contribution in [0.5, 0.6) is 5.75 Å². The largest absolute Gasteiger partial charge is 0.508 e. The van der Waals surface area contributed by atoms with E-state index in [0.717, 1.165) is 51.5 Å². The van der Waals surface area contributed by atoms with Gasteiger partial charge in [0.05, 0.1) is 0 Å². The number of phenolic OH excluding ortho intramolecular Hbond substituents is 1. The Hall–Kier alpha value is -1.75. The summed E-state index contributed by atoms with van der Waals surface area (Å²) in [6.45, 7) is 5.56. The Balaban J connectivity index is 1.80. The lowest BCUT2D eigenvalue weighted by Gasteiger charge is -2.27. The van der Waals surface area contributed by atoms with Crippen molar-refractivity contribution in [3.8, 4) is 5.75 Å². The Morgan fingerprint density at radius 2 is 1.92 bits per heavy atom. The Morgan fingerprint density at radius 3 is 2.58 bits per heavy atom. The van der Waals surface area contributed by atoms with Crippen LogP contribution in [0.4, 0.5) is 0 Å². The number of phenols is 1. The minimum Gasteiger partial charge on any atom is -0.508 e. The van der Waals surface area contributed by atoms with Crippen LogP contribution in [-0.4, -0.2) is 44.4 Å². The second-order valence-electron chi connectivity index (χ2n) is 7.34. The number of aliphatic imine (C=N–C) groups is 1. The molecule has 0 saturated heterocycles. The van der Waals surface area contributed by atoms with Crippen molar-refractivity contribution in [3.05, 3.63) is 29.8 Å². The quantitative estimate of drug-likeness (QED) is 0.339. The zero-order valence-electron chi connectivity index (χ0n) is 16.4. The fraction of sp³-hybridized carbons (Fsp3) is 0.667. The number of guanidine groups is 1. The predicted molar refractivity (Wildman–Crippen MR) is 108 cm³/mol. The molecule has 26 heavy (non-hydrogen) atoms. The lowest BCUT2D eigenvalue weighted by Crippen LogP contribution is -2.39. The van der Waals surface area contributed by atoms with Gasteiger partial charge in [-0.25, -0.2) is 0 Å². The van der Waals surface area contributed by atoms with E-state index in [-0.39, 0.29) is 0 Å². The van der Waals surface area contributed by atoms with E-state index in [1.807, 2.05) is 12.1 Å². The molecule has 1 saturated carbocycles. The van der Waals surface area contributed by atoms with Crippen molar-refractivity contribution >= 4 is 5.96 Å². The molecule has 5 nitrogen and oxygen atoms in total. The summed E-state index contributed by atoms with van der Waals surface area (Å²) < 4.78 is 5.32. The van der Waals surface area contributed by atoms with E-state index < -0.39 is 0 Å². The molecule has 0 spiro atoms. The van der Waals surface area contributed by atoms with Gasteiger partial charge in [-0.1, -0.05) is 25.0 Å². The van der Waals surface area contributed by atoms with E-state index in [9.17, 15) is 5.11 Å². The third-order valence-electron chi connectivity index (χ3n) is 5.29. The summed E-state index contributed by atoms with van der Waals surface area (Å²) in [4.78, 5) is 4.88. The second kappa shape index (κ2) is 11.1. The molecule has 0 heterocycles. The van der Waals surface area contributed by atoms with Crippen molar-refractivity contribution < 1.29 is 9.84 Å². The number of methoxy groups -OCH3 is 1. The number of hydrogen-bond donors (Lipinski definition) is 3. The van der Waals surface area contributed by atoms with Crippen LogP contribution in [-0.2, 0) is 11.2 Å². The van der Waals surface area contributed by atoms with Crippen LogP contribution in [0.25, 0.3) is 0 Å². The Morgan fingerprint density at radius 1 is 1.19 bits per heavy atom. The highest BCUT2D eigenvalue weighted by molar-refractivity contribution is 5.79. The van der Waals surface area contributed by atoms with Gasteiger partial charge in [0.1, 0.15) is 5.75 Å². The van der Waals surface area contributed by atoms with Gasteiger partial charge >= 0.3 is 0 Å². The molecule has 1 aromatic carbocycles. The SMILES string of the molecule is CCNC(=NCC1(CCOC)CCCC1)NCCCc1ccc(O)cc1. The molecule has 0 bridgehead atoms. The highest BCUT2D eigenvalue weighted by Gasteiger charge is 2.33. The highest BCUT2D eigenvalue weighted by atomic mass is 16.5. The van der Waals surface area contributed by atoms with Crippen LogP contribution in [0.1, 0.15) is 51.0 Å². The smallest absolute Gasteiger partial charge is 0.191 e. The minimum absolute atomic E-state index is 0.322. The molecule has 2 rings (SSSR count). The topological polar surface area (TPSA) is 65.9 Å². The molecular formula is C21H35N3O2. The lowest BCUT2D eigenvalue weighted by molar-refractivity contribution is 0.141. The molecule has 1 fully saturated rings. The molecule has 0 aromatic heterocycles. The maximum atomic E-state index is 9.34. The molecule has 0 aliphatic heterocycles. The van der Waals surface area contributed by atoms with Crippen molar-refractivity contribution in [2.45, 2.75) is 51.9 Å². The summed E-state index contributed by atoms with van der Waals surface area (Å²) >= 11 is 0. The third kappa shape index (κ3) is 6.87. The van der Waals surface area contributed by atoms with Gasteiger partial charge in [-0.05, 0) is 62.1 Å². The summed E-state index contributed by atoms with van der Waals surface area (Å²) in [6, 6.07) is 7.45. The van der Waals surface area contributed by atoms with Crippen molar-refractivity contribution in [3.63, 3.8) is 0 Å². The second-order valence-corrected chi connectivity index (χ2v) is 7.34. The van der Waals surface area contributed by atoms with Gasteiger partial charge in [-0.15, -0.1) is 0 Å². The van der Waals surface area contributed by atoms with E-state index in [2.05, 4.69) is 17.6 Å². The van der Waals surface area contributed by atoms with Crippen LogP contribution < -0.4 is 10.6 Å². The first-order chi connectivity index (χ1) is 12.7. The highest BCUT2D eigenvalue weighted by Crippen LogP contribution is 2.41. The van der Waals surface area contributed by atoms with Crippen molar-refractivity contribution in [2.75, 3.05) is 33.4 Å². The first kappa shape index (κ1) is 20.6. The van der Waals surface area contributed by atoms with Crippen molar-refractivity contribution in [1.29, 1.82) is 0 Å². The fourth-order valence-electron chi connectivity index (χ4n) is 3.68. The first-order valence-corrected chi connectivity index (χ1v) is 9.96. The normalized spacial score (nSPS) is 16.6. The third-order valence-corrected chi connectivity index (χ3v) is 5.29. The molecule has 1 aliphatic rings. The Kier molecular flexibility index (Phi) is 8.75. The summed E-state index contributed by atoms with van der Waals surface area (Å²) in [7, 11) is 1.78.